The molecule has 0 atom stereocenters. The van der Waals surface area contributed by atoms with Gasteiger partial charge in [0.05, 0.1) is 23.0 Å². The number of hydrogen-bond donors (Lipinski definition) is 1. The molecule has 0 aliphatic heterocycles. The van der Waals surface area contributed by atoms with Crippen molar-refractivity contribution in [2.75, 3.05) is 0 Å². The number of nitrogens with zero attached hydrogens (tertiary/aromatic N) is 5. The van der Waals surface area contributed by atoms with Gasteiger partial charge in [0.2, 0.25) is 0 Å². The highest BCUT2D eigenvalue weighted by Crippen LogP contribution is 2.38. The van der Waals surface area contributed by atoms with Gasteiger partial charge in [-0.05, 0) is 49.9 Å². The van der Waals surface area contributed by atoms with Crippen molar-refractivity contribution in [2.45, 2.75) is 39.2 Å². The summed E-state index contributed by atoms with van der Waals surface area (Å²) < 4.78 is 7.00. The van der Waals surface area contributed by atoms with Crippen molar-refractivity contribution in [3.05, 3.63) is 77.0 Å². The van der Waals surface area contributed by atoms with Gasteiger partial charge in [-0.1, -0.05) is 29.4 Å². The van der Waals surface area contributed by atoms with Crippen molar-refractivity contribution < 1.29 is 9.32 Å². The molecule has 5 rings (SSSR count). The lowest BCUT2D eigenvalue weighted by Gasteiger charge is -2.08. The number of benzene rings is 1. The van der Waals surface area contributed by atoms with Gasteiger partial charge in [-0.15, -0.1) is 0 Å². The average Bonchev–Trinajstić information content (AvgIpc) is 3.39. The molecule has 0 spiro atoms. The zero-order chi connectivity index (χ0) is 21.4. The zero-order valence-corrected chi connectivity index (χ0v) is 17.4. The molecule has 1 fully saturated rings. The fourth-order valence-electron chi connectivity index (χ4n) is 3.44. The molecule has 4 aromatic rings. The Balaban J connectivity index is 1.30. The number of nitrogens with one attached hydrogen (secondary N) is 1. The van der Waals surface area contributed by atoms with Crippen LogP contribution in [0.3, 0.4) is 0 Å². The predicted octanol–water partition coefficient (Wildman–Crippen LogP) is 3.74. The number of rotatable bonds is 6. The molecule has 1 N–H and O–H groups in total. The van der Waals surface area contributed by atoms with Crippen LogP contribution < -0.4 is 5.32 Å². The Labute approximate surface area is 179 Å². The maximum atomic E-state index is 12.7. The predicted molar refractivity (Wildman–Crippen MR) is 114 cm³/mol. The second kappa shape index (κ2) is 7.79. The number of carbonyl (C=O) groups excluding carboxylic acids is 1. The van der Waals surface area contributed by atoms with Crippen molar-refractivity contribution in [1.82, 2.24) is 30.2 Å². The van der Waals surface area contributed by atoms with Crippen LogP contribution in [-0.2, 0) is 6.54 Å². The SMILES string of the molecule is Cc1ccccc1CNC(=O)c1cnn(-c2ccc(-c3nc(C4CC4)no3)cn2)c1C. The lowest BCUT2D eigenvalue weighted by molar-refractivity contribution is 0.0950. The molecule has 1 aliphatic carbocycles. The first-order valence-electron chi connectivity index (χ1n) is 10.3. The van der Waals surface area contributed by atoms with Gasteiger partial charge in [-0.25, -0.2) is 9.67 Å². The molecule has 1 aliphatic rings. The Bertz CT molecular complexity index is 1240. The van der Waals surface area contributed by atoms with Crippen LogP contribution in [0, 0.1) is 13.8 Å². The number of hydrogen-bond acceptors (Lipinski definition) is 6. The normalized spacial score (nSPS) is 13.4. The minimum atomic E-state index is -0.165. The summed E-state index contributed by atoms with van der Waals surface area (Å²) in [6, 6.07) is 11.7. The molecular weight excluding hydrogens is 392 g/mol. The van der Waals surface area contributed by atoms with E-state index in [4.69, 9.17) is 4.52 Å². The second-order valence-corrected chi connectivity index (χ2v) is 7.80. The van der Waals surface area contributed by atoms with Crippen LogP contribution in [0.2, 0.25) is 0 Å². The van der Waals surface area contributed by atoms with E-state index in [0.717, 1.165) is 41.1 Å². The molecule has 1 amide bonds. The standard InChI is InChI=1S/C23H22N6O2/c1-14-5-3-4-6-17(14)11-25-22(30)19-13-26-29(15(19)2)20-10-9-18(12-24-20)23-27-21(28-31-23)16-7-8-16/h3-6,9-10,12-13,16H,7-8,11H2,1-2H3,(H,25,30). The lowest BCUT2D eigenvalue weighted by atomic mass is 10.1. The van der Waals surface area contributed by atoms with Crippen molar-refractivity contribution >= 4 is 5.91 Å². The Hall–Kier alpha value is -3.81. The number of aromatic nitrogens is 5. The molecule has 8 nitrogen and oxygen atoms in total. The minimum Gasteiger partial charge on any atom is -0.348 e. The molecule has 0 bridgehead atoms. The van der Waals surface area contributed by atoms with E-state index in [1.165, 1.54) is 0 Å². The summed E-state index contributed by atoms with van der Waals surface area (Å²) in [7, 11) is 0. The summed E-state index contributed by atoms with van der Waals surface area (Å²) in [6.07, 6.45) is 5.49. The van der Waals surface area contributed by atoms with E-state index in [9.17, 15) is 4.79 Å². The van der Waals surface area contributed by atoms with Crippen LogP contribution in [0.5, 0.6) is 0 Å². The van der Waals surface area contributed by atoms with Crippen molar-refractivity contribution in [3.8, 4) is 17.3 Å². The fraction of sp³-hybridized carbons (Fsp3) is 0.261. The smallest absolute Gasteiger partial charge is 0.259 e. The van der Waals surface area contributed by atoms with E-state index >= 15 is 0 Å². The van der Waals surface area contributed by atoms with E-state index in [2.05, 4.69) is 25.5 Å². The Morgan fingerprint density at radius 1 is 1.16 bits per heavy atom. The van der Waals surface area contributed by atoms with Gasteiger partial charge in [-0.3, -0.25) is 4.79 Å². The van der Waals surface area contributed by atoms with E-state index in [1.54, 1.807) is 17.1 Å². The van der Waals surface area contributed by atoms with Crippen LogP contribution in [0.1, 0.15) is 51.8 Å². The summed E-state index contributed by atoms with van der Waals surface area (Å²) in [4.78, 5) is 21.6. The molecule has 156 valence electrons. The second-order valence-electron chi connectivity index (χ2n) is 7.80. The van der Waals surface area contributed by atoms with Gasteiger partial charge in [0.15, 0.2) is 11.6 Å². The lowest BCUT2D eigenvalue weighted by Crippen LogP contribution is -2.23. The van der Waals surface area contributed by atoms with Crippen LogP contribution >= 0.6 is 0 Å². The van der Waals surface area contributed by atoms with Gasteiger partial charge < -0.3 is 9.84 Å². The highest BCUT2D eigenvalue weighted by molar-refractivity contribution is 5.95. The van der Waals surface area contributed by atoms with Crippen molar-refractivity contribution in [3.63, 3.8) is 0 Å². The summed E-state index contributed by atoms with van der Waals surface area (Å²) in [5.41, 5.74) is 4.22. The van der Waals surface area contributed by atoms with Crippen molar-refractivity contribution in [1.29, 1.82) is 0 Å². The molecule has 1 aromatic carbocycles. The number of carbonyl (C=O) groups is 1. The number of pyridine rings is 1. The molecule has 3 aromatic heterocycles. The first-order valence-corrected chi connectivity index (χ1v) is 10.3. The van der Waals surface area contributed by atoms with Crippen molar-refractivity contribution in [2.24, 2.45) is 0 Å². The topological polar surface area (TPSA) is 98.7 Å². The first-order chi connectivity index (χ1) is 15.1. The quantitative estimate of drug-likeness (QED) is 0.516. The molecule has 8 heteroatoms. The minimum absolute atomic E-state index is 0.165. The molecule has 0 unspecified atom stereocenters. The number of amides is 1. The fourth-order valence-corrected chi connectivity index (χ4v) is 3.44. The van der Waals surface area contributed by atoms with Crippen LogP contribution in [0.15, 0.2) is 53.3 Å². The Morgan fingerprint density at radius 2 is 2.00 bits per heavy atom. The van der Waals surface area contributed by atoms with Gasteiger partial charge in [0.25, 0.3) is 11.8 Å². The Kier molecular flexibility index (Phi) is 4.82. The van der Waals surface area contributed by atoms with E-state index in [0.29, 0.717) is 29.7 Å². The van der Waals surface area contributed by atoms with Gasteiger partial charge in [-0.2, -0.15) is 10.1 Å². The molecule has 3 heterocycles. The maximum absolute atomic E-state index is 12.7. The maximum Gasteiger partial charge on any atom is 0.259 e. The first kappa shape index (κ1) is 19.2. The molecule has 0 radical (unpaired) electrons. The molecule has 1 saturated carbocycles. The van der Waals surface area contributed by atoms with Gasteiger partial charge in [0.1, 0.15) is 0 Å². The average molecular weight is 414 g/mol. The molecule has 31 heavy (non-hydrogen) atoms. The summed E-state index contributed by atoms with van der Waals surface area (Å²) in [5, 5.41) is 11.4. The zero-order valence-electron chi connectivity index (χ0n) is 17.4. The van der Waals surface area contributed by atoms with E-state index < -0.39 is 0 Å². The largest absolute Gasteiger partial charge is 0.348 e. The Morgan fingerprint density at radius 3 is 2.74 bits per heavy atom. The van der Waals surface area contributed by atoms with Crippen LogP contribution in [0.25, 0.3) is 17.3 Å². The highest BCUT2D eigenvalue weighted by atomic mass is 16.5. The van der Waals surface area contributed by atoms with Gasteiger partial charge in [0, 0.05) is 18.7 Å². The highest BCUT2D eigenvalue weighted by Gasteiger charge is 2.29. The summed E-state index contributed by atoms with van der Waals surface area (Å²) in [6.45, 7) is 4.35. The van der Waals surface area contributed by atoms with Crippen LogP contribution in [0.4, 0.5) is 0 Å². The van der Waals surface area contributed by atoms with E-state index in [1.807, 2.05) is 50.2 Å². The molecular formula is C23H22N6O2. The summed E-state index contributed by atoms with van der Waals surface area (Å²) in [5.74, 6) is 2.12. The summed E-state index contributed by atoms with van der Waals surface area (Å²) >= 11 is 0. The monoisotopic (exact) mass is 414 g/mol. The molecule has 0 saturated heterocycles. The van der Waals surface area contributed by atoms with E-state index in [-0.39, 0.29) is 5.91 Å². The van der Waals surface area contributed by atoms with Gasteiger partial charge >= 0.3 is 0 Å². The number of aryl methyl sites for hydroxylation is 1. The third-order valence-electron chi connectivity index (χ3n) is 5.55. The third kappa shape index (κ3) is 3.84. The van der Waals surface area contributed by atoms with Crippen LogP contribution in [-0.4, -0.2) is 30.8 Å². The third-order valence-corrected chi connectivity index (χ3v) is 5.55.